The molecule has 90 valence electrons. The molecule has 0 spiro atoms. The Balaban J connectivity index is 2.03. The summed E-state index contributed by atoms with van der Waals surface area (Å²) in [6.45, 7) is 0. The van der Waals surface area contributed by atoms with E-state index in [0.29, 0.717) is 0 Å². The van der Waals surface area contributed by atoms with Crippen LogP contribution in [0.1, 0.15) is 0 Å². The van der Waals surface area contributed by atoms with Crippen LogP contribution in [0.5, 0.6) is 0 Å². The molecule has 0 fully saturated rings. The summed E-state index contributed by atoms with van der Waals surface area (Å²) in [4.78, 5) is 0. The van der Waals surface area contributed by atoms with Crippen molar-refractivity contribution in [2.45, 2.75) is 0 Å². The second kappa shape index (κ2) is 4.22. The van der Waals surface area contributed by atoms with Crippen molar-refractivity contribution in [3.8, 4) is 11.1 Å². The van der Waals surface area contributed by atoms with Crippen LogP contribution in [0.15, 0.2) is 72.1 Å². The van der Waals surface area contributed by atoms with E-state index in [1.54, 1.807) is 11.3 Å². The fraction of sp³-hybridized carbons (Fsp3) is 0. The van der Waals surface area contributed by atoms with Crippen molar-refractivity contribution in [1.82, 2.24) is 0 Å². The Kier molecular flexibility index (Phi) is 2.39. The monoisotopic (exact) mass is 260 g/mol. The highest BCUT2D eigenvalue weighted by Gasteiger charge is 2.04. The minimum Gasteiger partial charge on any atom is -0.144 e. The van der Waals surface area contributed by atoms with E-state index in [1.807, 2.05) is 0 Å². The van der Waals surface area contributed by atoms with Crippen LogP contribution in [0.2, 0.25) is 0 Å². The molecule has 0 unspecified atom stereocenters. The third-order valence-corrected chi connectivity index (χ3v) is 4.44. The van der Waals surface area contributed by atoms with E-state index in [-0.39, 0.29) is 0 Å². The van der Waals surface area contributed by atoms with Gasteiger partial charge < -0.3 is 0 Å². The lowest BCUT2D eigenvalue weighted by atomic mass is 9.98. The van der Waals surface area contributed by atoms with Crippen LogP contribution in [0.25, 0.3) is 32.0 Å². The zero-order chi connectivity index (χ0) is 12.7. The number of fused-ring (bicyclic) bond motifs is 2. The molecule has 0 bridgehead atoms. The molecule has 0 saturated heterocycles. The van der Waals surface area contributed by atoms with E-state index < -0.39 is 0 Å². The third-order valence-electron chi connectivity index (χ3n) is 3.56. The fourth-order valence-corrected chi connectivity index (χ4v) is 3.43. The van der Waals surface area contributed by atoms with E-state index >= 15 is 0 Å². The second-order valence-corrected chi connectivity index (χ2v) is 5.65. The van der Waals surface area contributed by atoms with Crippen molar-refractivity contribution in [2.24, 2.45) is 0 Å². The highest BCUT2D eigenvalue weighted by Crippen LogP contribution is 2.32. The Bertz CT molecular complexity index is 866. The molecule has 19 heavy (non-hydrogen) atoms. The van der Waals surface area contributed by atoms with Crippen LogP contribution in [0, 0.1) is 0 Å². The summed E-state index contributed by atoms with van der Waals surface area (Å²) in [6, 6.07) is 24.0. The molecular weight excluding hydrogens is 248 g/mol. The minimum atomic E-state index is 1.30. The van der Waals surface area contributed by atoms with Crippen LogP contribution < -0.4 is 0 Å². The molecule has 0 saturated carbocycles. The average Bonchev–Trinajstić information content (AvgIpc) is 2.94. The normalized spacial score (nSPS) is 11.2. The molecule has 0 radical (unpaired) electrons. The van der Waals surface area contributed by atoms with Crippen LogP contribution in [0.4, 0.5) is 0 Å². The topological polar surface area (TPSA) is 0 Å². The smallest absolute Gasteiger partial charge is 0.0348 e. The van der Waals surface area contributed by atoms with E-state index in [9.17, 15) is 0 Å². The maximum Gasteiger partial charge on any atom is 0.0348 e. The SMILES string of the molecule is c1ccc2c(-c3ccc4ccsc4c3)cccc2c1. The van der Waals surface area contributed by atoms with E-state index in [4.69, 9.17) is 0 Å². The first-order valence-corrected chi connectivity index (χ1v) is 7.25. The third kappa shape index (κ3) is 1.74. The summed E-state index contributed by atoms with van der Waals surface area (Å²) in [6.07, 6.45) is 0. The molecular formula is C18H12S. The molecule has 0 amide bonds. The Labute approximate surface area is 115 Å². The van der Waals surface area contributed by atoms with Crippen LogP contribution in [0.3, 0.4) is 0 Å². The fourth-order valence-electron chi connectivity index (χ4n) is 2.60. The van der Waals surface area contributed by atoms with Crippen molar-refractivity contribution in [3.05, 3.63) is 72.1 Å². The largest absolute Gasteiger partial charge is 0.144 e. The molecule has 0 aliphatic carbocycles. The summed E-state index contributed by atoms with van der Waals surface area (Å²) in [5, 5.41) is 6.10. The Morgan fingerprint density at radius 3 is 2.58 bits per heavy atom. The highest BCUT2D eigenvalue weighted by molar-refractivity contribution is 7.17. The first-order valence-electron chi connectivity index (χ1n) is 6.37. The van der Waals surface area contributed by atoms with Gasteiger partial charge in [-0.25, -0.2) is 0 Å². The molecule has 4 rings (SSSR count). The molecule has 0 aliphatic heterocycles. The van der Waals surface area contributed by atoms with Gasteiger partial charge in [-0.15, -0.1) is 11.3 Å². The molecule has 1 heterocycles. The maximum absolute atomic E-state index is 2.29. The molecule has 0 nitrogen and oxygen atoms in total. The van der Waals surface area contributed by atoms with Gasteiger partial charge in [-0.3, -0.25) is 0 Å². The Morgan fingerprint density at radius 1 is 0.684 bits per heavy atom. The Hall–Kier alpha value is -2.12. The second-order valence-electron chi connectivity index (χ2n) is 4.70. The molecule has 1 aromatic heterocycles. The number of hydrogen-bond acceptors (Lipinski definition) is 1. The van der Waals surface area contributed by atoms with Gasteiger partial charge in [0.2, 0.25) is 0 Å². The van der Waals surface area contributed by atoms with Gasteiger partial charge in [-0.05, 0) is 44.8 Å². The lowest BCUT2D eigenvalue weighted by Gasteiger charge is -2.07. The summed E-state index contributed by atoms with van der Waals surface area (Å²) < 4.78 is 1.35. The van der Waals surface area contributed by atoms with Gasteiger partial charge >= 0.3 is 0 Å². The number of thiophene rings is 1. The average molecular weight is 260 g/mol. The van der Waals surface area contributed by atoms with Gasteiger partial charge in [0.15, 0.2) is 0 Å². The minimum absolute atomic E-state index is 1.30. The van der Waals surface area contributed by atoms with Crippen LogP contribution in [-0.2, 0) is 0 Å². The molecule has 3 aromatic carbocycles. The first-order chi connectivity index (χ1) is 9.42. The summed E-state index contributed by atoms with van der Waals surface area (Å²) in [7, 11) is 0. The summed E-state index contributed by atoms with van der Waals surface area (Å²) >= 11 is 1.80. The van der Waals surface area contributed by atoms with Gasteiger partial charge in [0.1, 0.15) is 0 Å². The number of rotatable bonds is 1. The number of benzene rings is 3. The summed E-state index contributed by atoms with van der Waals surface area (Å²) in [5.74, 6) is 0. The van der Waals surface area contributed by atoms with Crippen LogP contribution >= 0.6 is 11.3 Å². The lowest BCUT2D eigenvalue weighted by Crippen LogP contribution is -1.80. The lowest BCUT2D eigenvalue weighted by molar-refractivity contribution is 1.70. The van der Waals surface area contributed by atoms with E-state index in [2.05, 4.69) is 72.1 Å². The Morgan fingerprint density at radius 2 is 1.58 bits per heavy atom. The van der Waals surface area contributed by atoms with Gasteiger partial charge in [-0.1, -0.05) is 54.6 Å². The molecule has 4 aromatic rings. The zero-order valence-electron chi connectivity index (χ0n) is 10.3. The van der Waals surface area contributed by atoms with Crippen LogP contribution in [-0.4, -0.2) is 0 Å². The van der Waals surface area contributed by atoms with Gasteiger partial charge in [0, 0.05) is 4.70 Å². The number of hydrogen-bond donors (Lipinski definition) is 0. The van der Waals surface area contributed by atoms with Crippen molar-refractivity contribution in [1.29, 1.82) is 0 Å². The van der Waals surface area contributed by atoms with Crippen molar-refractivity contribution < 1.29 is 0 Å². The molecule has 0 atom stereocenters. The highest BCUT2D eigenvalue weighted by atomic mass is 32.1. The van der Waals surface area contributed by atoms with Gasteiger partial charge in [-0.2, -0.15) is 0 Å². The van der Waals surface area contributed by atoms with E-state index in [1.165, 1.54) is 32.0 Å². The summed E-state index contributed by atoms with van der Waals surface area (Å²) in [5.41, 5.74) is 2.61. The molecule has 0 aliphatic rings. The predicted octanol–water partition coefficient (Wildman–Crippen LogP) is 5.72. The van der Waals surface area contributed by atoms with Crippen molar-refractivity contribution in [2.75, 3.05) is 0 Å². The quantitative estimate of drug-likeness (QED) is 0.410. The van der Waals surface area contributed by atoms with Crippen molar-refractivity contribution >= 4 is 32.2 Å². The molecule has 0 N–H and O–H groups in total. The van der Waals surface area contributed by atoms with Crippen molar-refractivity contribution in [3.63, 3.8) is 0 Å². The van der Waals surface area contributed by atoms with E-state index in [0.717, 1.165) is 0 Å². The first kappa shape index (κ1) is 10.8. The zero-order valence-corrected chi connectivity index (χ0v) is 11.2. The maximum atomic E-state index is 2.29. The molecule has 1 heteroatoms. The predicted molar refractivity (Wildman–Crippen MR) is 84.8 cm³/mol. The van der Waals surface area contributed by atoms with Gasteiger partial charge in [0.05, 0.1) is 0 Å². The standard InChI is InChI=1S/C18H12S/c1-2-6-16-13(4-1)5-3-7-17(16)15-9-8-14-10-11-19-18(14)12-15/h1-12H. The van der Waals surface area contributed by atoms with Gasteiger partial charge in [0.25, 0.3) is 0 Å².